The van der Waals surface area contributed by atoms with E-state index in [0.717, 1.165) is 0 Å². The van der Waals surface area contributed by atoms with E-state index in [0.29, 0.717) is 16.7 Å². The lowest BCUT2D eigenvalue weighted by Crippen LogP contribution is -2.39. The molecule has 0 aliphatic rings. The number of carboxylic acid groups (broad SMARTS) is 1. The van der Waals surface area contributed by atoms with Crippen LogP contribution in [-0.4, -0.2) is 42.7 Å². The van der Waals surface area contributed by atoms with Gasteiger partial charge in [0.1, 0.15) is 5.52 Å². The number of aliphatic carboxylic acids is 1. The average molecular weight is 236 g/mol. The first-order chi connectivity index (χ1) is 7.93. The molecule has 3 N–H and O–H groups in total. The van der Waals surface area contributed by atoms with Gasteiger partial charge in [-0.05, 0) is 11.6 Å². The first-order valence-electron chi connectivity index (χ1n) is 5.01. The van der Waals surface area contributed by atoms with Crippen LogP contribution >= 0.6 is 0 Å². The fourth-order valence-corrected chi connectivity index (χ4v) is 1.56. The molecule has 0 saturated heterocycles. The predicted molar refractivity (Wildman–Crippen MR) is 58.4 cm³/mol. The molecule has 90 valence electrons. The summed E-state index contributed by atoms with van der Waals surface area (Å²) in [6, 6.07) is 1.66. The summed E-state index contributed by atoms with van der Waals surface area (Å²) in [5.74, 6) is -1.27. The number of carboxylic acids is 1. The summed E-state index contributed by atoms with van der Waals surface area (Å²) in [5, 5.41) is 28.6. The number of nitrogens with zero attached hydrogens (tertiary/aromatic N) is 3. The van der Waals surface area contributed by atoms with Gasteiger partial charge in [-0.15, -0.1) is 5.10 Å². The molecule has 2 aromatic rings. The second kappa shape index (κ2) is 3.77. The van der Waals surface area contributed by atoms with Crippen molar-refractivity contribution in [2.24, 2.45) is 0 Å². The Kier molecular flexibility index (Phi) is 2.55. The van der Waals surface area contributed by atoms with Gasteiger partial charge in [0.05, 0.1) is 0 Å². The van der Waals surface area contributed by atoms with Crippen molar-refractivity contribution >= 4 is 17.1 Å². The van der Waals surface area contributed by atoms with E-state index in [9.17, 15) is 9.90 Å². The first-order valence-corrected chi connectivity index (χ1v) is 5.01. The van der Waals surface area contributed by atoms with Crippen LogP contribution in [0.2, 0.25) is 0 Å². The van der Waals surface area contributed by atoms with Crippen molar-refractivity contribution in [1.82, 2.24) is 20.4 Å². The number of aromatic nitrogens is 4. The molecule has 0 amide bonds. The molecule has 0 bridgehead atoms. The molecule has 0 spiro atoms. The normalized spacial score (nSPS) is 13.8. The number of aromatic amines is 1. The lowest BCUT2D eigenvalue weighted by atomic mass is 9.80. The number of nitrogens with one attached hydrogen (secondary N) is 1. The number of pyridine rings is 1. The molecule has 0 aliphatic heterocycles. The number of hydrogen-bond acceptors (Lipinski definition) is 5. The van der Waals surface area contributed by atoms with Gasteiger partial charge in [-0.3, -0.25) is 0 Å². The quantitative estimate of drug-likeness (QED) is 0.695. The highest BCUT2D eigenvalue weighted by molar-refractivity contribution is 5.75. The molecule has 1 unspecified atom stereocenters. The highest BCUT2D eigenvalue weighted by Gasteiger charge is 2.35. The molecule has 0 saturated carbocycles. The fraction of sp³-hybridized carbons (Fsp3) is 0.400. The molecule has 7 heteroatoms. The van der Waals surface area contributed by atoms with Gasteiger partial charge < -0.3 is 10.2 Å². The Labute approximate surface area is 96.5 Å². The predicted octanol–water partition coefficient (Wildman–Crippen LogP) is 0.0760. The molecule has 0 aliphatic carbocycles. The molecule has 2 heterocycles. The van der Waals surface area contributed by atoms with E-state index in [4.69, 9.17) is 5.11 Å². The molecule has 1 atom stereocenters. The number of aliphatic hydroxyl groups excluding tert-OH is 1. The fourth-order valence-electron chi connectivity index (χ4n) is 1.56. The van der Waals surface area contributed by atoms with Gasteiger partial charge in [0.2, 0.25) is 5.65 Å². The third kappa shape index (κ3) is 1.84. The Morgan fingerprint density at radius 3 is 2.82 bits per heavy atom. The average Bonchev–Trinajstić information content (AvgIpc) is 2.74. The van der Waals surface area contributed by atoms with E-state index >= 15 is 0 Å². The Morgan fingerprint density at radius 1 is 1.47 bits per heavy atom. The van der Waals surface area contributed by atoms with Crippen LogP contribution in [0.25, 0.3) is 11.2 Å². The first kappa shape index (κ1) is 11.5. The Morgan fingerprint density at radius 2 is 2.18 bits per heavy atom. The number of fused-ring (bicyclic) bond motifs is 1. The molecule has 7 nitrogen and oxygen atoms in total. The molecular formula is C10H12N4O3. The van der Waals surface area contributed by atoms with Crippen molar-refractivity contribution in [3.63, 3.8) is 0 Å². The molecule has 2 rings (SSSR count). The van der Waals surface area contributed by atoms with Crippen molar-refractivity contribution < 1.29 is 15.0 Å². The zero-order valence-corrected chi connectivity index (χ0v) is 9.38. The monoisotopic (exact) mass is 236 g/mol. The maximum Gasteiger partial charge on any atom is 0.333 e. The van der Waals surface area contributed by atoms with Crippen molar-refractivity contribution in [2.45, 2.75) is 25.4 Å². The van der Waals surface area contributed by atoms with Gasteiger partial charge in [0.15, 0.2) is 6.10 Å². The van der Waals surface area contributed by atoms with Crippen LogP contribution in [0.1, 0.15) is 19.4 Å². The number of H-pyrrole nitrogens is 1. The third-order valence-electron chi connectivity index (χ3n) is 2.84. The Hall–Kier alpha value is -2.02. The largest absolute Gasteiger partial charge is 0.479 e. The lowest BCUT2D eigenvalue weighted by molar-refractivity contribution is -0.150. The van der Waals surface area contributed by atoms with Gasteiger partial charge in [0.25, 0.3) is 0 Å². The van der Waals surface area contributed by atoms with E-state index in [2.05, 4.69) is 20.4 Å². The minimum absolute atomic E-state index is 0.453. The summed E-state index contributed by atoms with van der Waals surface area (Å²) in [5.41, 5.74) is 0.628. The highest BCUT2D eigenvalue weighted by atomic mass is 16.4. The number of carbonyl (C=O) groups is 1. The van der Waals surface area contributed by atoms with Crippen LogP contribution in [0.4, 0.5) is 0 Å². The van der Waals surface area contributed by atoms with Gasteiger partial charge >= 0.3 is 5.97 Å². The molecular weight excluding hydrogens is 224 g/mol. The second-order valence-electron chi connectivity index (χ2n) is 4.35. The zero-order chi connectivity index (χ0) is 12.6. The van der Waals surface area contributed by atoms with Crippen LogP contribution in [0, 0.1) is 0 Å². The molecule has 0 radical (unpaired) electrons. The van der Waals surface area contributed by atoms with Gasteiger partial charge in [0, 0.05) is 11.6 Å². The van der Waals surface area contributed by atoms with E-state index in [1.54, 1.807) is 19.9 Å². The summed E-state index contributed by atoms with van der Waals surface area (Å²) in [6.45, 7) is 3.27. The lowest BCUT2D eigenvalue weighted by Gasteiger charge is -2.27. The van der Waals surface area contributed by atoms with Gasteiger partial charge in [-0.1, -0.05) is 13.8 Å². The summed E-state index contributed by atoms with van der Waals surface area (Å²) >= 11 is 0. The molecule has 0 aromatic carbocycles. The summed E-state index contributed by atoms with van der Waals surface area (Å²) < 4.78 is 0. The summed E-state index contributed by atoms with van der Waals surface area (Å²) in [4.78, 5) is 14.9. The standard InChI is InChI=1S/C10H12N4O3/c1-10(2,7(15)9(16)17)5-3-6-8(11-4-5)13-14-12-6/h3-4,7,15H,1-2H3,(H,16,17)(H,11,12,13,14). The Bertz CT molecular complexity index is 563. The molecule has 2 aromatic heterocycles. The van der Waals surface area contributed by atoms with Crippen molar-refractivity contribution in [2.75, 3.05) is 0 Å². The zero-order valence-electron chi connectivity index (χ0n) is 9.38. The summed E-state index contributed by atoms with van der Waals surface area (Å²) in [6.07, 6.45) is -0.00884. The van der Waals surface area contributed by atoms with Gasteiger partial charge in [-0.25, -0.2) is 9.78 Å². The van der Waals surface area contributed by atoms with Crippen molar-refractivity contribution in [1.29, 1.82) is 0 Å². The minimum atomic E-state index is -1.51. The van der Waals surface area contributed by atoms with Crippen molar-refractivity contribution in [3.05, 3.63) is 17.8 Å². The SMILES string of the molecule is CC(C)(c1cnc2n[nH]nc2c1)C(O)C(=O)O. The van der Waals surface area contributed by atoms with Crippen LogP contribution in [-0.2, 0) is 10.2 Å². The smallest absolute Gasteiger partial charge is 0.333 e. The van der Waals surface area contributed by atoms with E-state index < -0.39 is 17.5 Å². The Balaban J connectivity index is 2.47. The molecule has 0 fully saturated rings. The number of hydrogen-bond donors (Lipinski definition) is 3. The van der Waals surface area contributed by atoms with Gasteiger partial charge in [-0.2, -0.15) is 10.3 Å². The second-order valence-corrected chi connectivity index (χ2v) is 4.35. The van der Waals surface area contributed by atoms with Crippen LogP contribution in [0.5, 0.6) is 0 Å². The number of rotatable bonds is 3. The van der Waals surface area contributed by atoms with Crippen molar-refractivity contribution in [3.8, 4) is 0 Å². The van der Waals surface area contributed by atoms with E-state index in [1.165, 1.54) is 6.20 Å². The molecule has 17 heavy (non-hydrogen) atoms. The van der Waals surface area contributed by atoms with Crippen LogP contribution in [0.15, 0.2) is 12.3 Å². The van der Waals surface area contributed by atoms with E-state index in [1.807, 2.05) is 0 Å². The third-order valence-corrected chi connectivity index (χ3v) is 2.84. The minimum Gasteiger partial charge on any atom is -0.479 e. The van der Waals surface area contributed by atoms with E-state index in [-0.39, 0.29) is 0 Å². The number of aliphatic hydroxyl groups is 1. The maximum atomic E-state index is 10.8. The maximum absolute atomic E-state index is 10.8. The summed E-state index contributed by atoms with van der Waals surface area (Å²) in [7, 11) is 0. The van der Waals surface area contributed by atoms with Crippen LogP contribution < -0.4 is 0 Å². The highest BCUT2D eigenvalue weighted by Crippen LogP contribution is 2.28. The topological polar surface area (TPSA) is 112 Å². The van der Waals surface area contributed by atoms with Crippen LogP contribution in [0.3, 0.4) is 0 Å².